The van der Waals surface area contributed by atoms with Crippen molar-refractivity contribution in [2.24, 2.45) is 5.92 Å². The van der Waals surface area contributed by atoms with Crippen molar-refractivity contribution in [1.29, 1.82) is 0 Å². The predicted molar refractivity (Wildman–Crippen MR) is 90.5 cm³/mol. The fraction of sp³-hybridized carbons (Fsp3) is 0.474. The Bertz CT molecular complexity index is 692. The molecule has 24 heavy (non-hydrogen) atoms. The molecule has 0 aromatic heterocycles. The van der Waals surface area contributed by atoms with Gasteiger partial charge in [0.05, 0.1) is 0 Å². The van der Waals surface area contributed by atoms with Crippen LogP contribution in [0.15, 0.2) is 36.0 Å². The summed E-state index contributed by atoms with van der Waals surface area (Å²) in [6.07, 6.45) is 5.37. The number of hydrogen-bond donors (Lipinski definition) is 0. The van der Waals surface area contributed by atoms with E-state index >= 15 is 0 Å². The quantitative estimate of drug-likeness (QED) is 0.799. The third kappa shape index (κ3) is 2.73. The molecule has 2 amide bonds. The van der Waals surface area contributed by atoms with E-state index in [9.17, 15) is 9.59 Å². The first-order valence-electron chi connectivity index (χ1n) is 8.75. The Morgan fingerprint density at radius 2 is 1.92 bits per heavy atom. The zero-order valence-electron chi connectivity index (χ0n) is 13.7. The van der Waals surface area contributed by atoms with Crippen LogP contribution in [0.4, 0.5) is 5.69 Å². The minimum Gasteiger partial charge on any atom is -0.381 e. The van der Waals surface area contributed by atoms with Gasteiger partial charge in [0.25, 0.3) is 11.8 Å². The van der Waals surface area contributed by atoms with Gasteiger partial charge in [0.1, 0.15) is 5.70 Å². The fourth-order valence-electron chi connectivity index (χ4n) is 3.83. The summed E-state index contributed by atoms with van der Waals surface area (Å²) in [6.45, 7) is 2.74. The van der Waals surface area contributed by atoms with Gasteiger partial charge in [0.2, 0.25) is 0 Å². The van der Waals surface area contributed by atoms with E-state index in [1.54, 1.807) is 0 Å². The smallest absolute Gasteiger partial charge is 0.277 e. The number of carbonyl (C=O) groups is 2. The SMILES string of the molecule is O=C1C=C(N2CCCc3ccccc32)C(=O)N1CC1CCOCC1. The number of ether oxygens (including phenoxy) is 1. The highest BCUT2D eigenvalue weighted by Gasteiger charge is 2.37. The number of anilines is 1. The molecule has 0 N–H and O–H groups in total. The molecule has 0 bridgehead atoms. The van der Waals surface area contributed by atoms with Gasteiger partial charge in [-0.1, -0.05) is 18.2 Å². The Labute approximate surface area is 141 Å². The minimum absolute atomic E-state index is 0.150. The van der Waals surface area contributed by atoms with Crippen LogP contribution in [0.2, 0.25) is 0 Å². The normalized spacial score (nSPS) is 21.9. The van der Waals surface area contributed by atoms with E-state index in [4.69, 9.17) is 4.74 Å². The Kier molecular flexibility index (Phi) is 4.10. The van der Waals surface area contributed by atoms with E-state index in [-0.39, 0.29) is 11.8 Å². The molecular weight excluding hydrogens is 304 g/mol. The number of imide groups is 1. The van der Waals surface area contributed by atoms with Crippen molar-refractivity contribution in [2.45, 2.75) is 25.7 Å². The molecule has 1 aromatic rings. The lowest BCUT2D eigenvalue weighted by Crippen LogP contribution is -2.40. The summed E-state index contributed by atoms with van der Waals surface area (Å²) >= 11 is 0. The maximum absolute atomic E-state index is 12.9. The monoisotopic (exact) mass is 326 g/mol. The lowest BCUT2D eigenvalue weighted by atomic mass is 9.99. The average Bonchev–Trinajstić information content (AvgIpc) is 2.90. The topological polar surface area (TPSA) is 49.9 Å². The lowest BCUT2D eigenvalue weighted by molar-refractivity contribution is -0.138. The molecule has 4 rings (SSSR count). The number of rotatable bonds is 3. The number of benzene rings is 1. The second-order valence-corrected chi connectivity index (χ2v) is 6.72. The number of hydrogen-bond acceptors (Lipinski definition) is 4. The van der Waals surface area contributed by atoms with Crippen molar-refractivity contribution in [3.8, 4) is 0 Å². The van der Waals surface area contributed by atoms with Crippen molar-refractivity contribution >= 4 is 17.5 Å². The molecule has 0 atom stereocenters. The van der Waals surface area contributed by atoms with Crippen LogP contribution in [0.25, 0.3) is 0 Å². The third-order valence-electron chi connectivity index (χ3n) is 5.17. The Hall–Kier alpha value is -2.14. The molecule has 1 aromatic carbocycles. The van der Waals surface area contributed by atoms with Crippen molar-refractivity contribution in [3.63, 3.8) is 0 Å². The van der Waals surface area contributed by atoms with Crippen molar-refractivity contribution < 1.29 is 14.3 Å². The maximum Gasteiger partial charge on any atom is 0.277 e. The van der Waals surface area contributed by atoms with E-state index < -0.39 is 0 Å². The average molecular weight is 326 g/mol. The summed E-state index contributed by atoms with van der Waals surface area (Å²) in [5.74, 6) is 0.0285. The van der Waals surface area contributed by atoms with Crippen LogP contribution in [0.3, 0.4) is 0 Å². The molecule has 3 aliphatic rings. The maximum atomic E-state index is 12.9. The Morgan fingerprint density at radius 3 is 2.75 bits per heavy atom. The van der Waals surface area contributed by atoms with Gasteiger partial charge < -0.3 is 9.64 Å². The van der Waals surface area contributed by atoms with Gasteiger partial charge in [0.15, 0.2) is 0 Å². The molecule has 5 nitrogen and oxygen atoms in total. The van der Waals surface area contributed by atoms with Crippen LogP contribution in [0.1, 0.15) is 24.8 Å². The van der Waals surface area contributed by atoms with Crippen molar-refractivity contribution in [1.82, 2.24) is 4.90 Å². The van der Waals surface area contributed by atoms with Crippen molar-refractivity contribution in [3.05, 3.63) is 41.6 Å². The predicted octanol–water partition coefficient (Wildman–Crippen LogP) is 2.12. The summed E-state index contributed by atoms with van der Waals surface area (Å²) < 4.78 is 5.36. The number of amides is 2. The van der Waals surface area contributed by atoms with E-state index in [1.165, 1.54) is 16.5 Å². The molecule has 3 aliphatic heterocycles. The van der Waals surface area contributed by atoms with Gasteiger partial charge in [-0.2, -0.15) is 0 Å². The van der Waals surface area contributed by atoms with Gasteiger partial charge >= 0.3 is 0 Å². The Morgan fingerprint density at radius 1 is 1.12 bits per heavy atom. The van der Waals surface area contributed by atoms with E-state index in [0.29, 0.717) is 18.2 Å². The van der Waals surface area contributed by atoms with Crippen LogP contribution in [0.5, 0.6) is 0 Å². The van der Waals surface area contributed by atoms with Crippen LogP contribution in [-0.4, -0.2) is 43.0 Å². The summed E-state index contributed by atoms with van der Waals surface area (Å²) in [4.78, 5) is 28.7. The molecule has 5 heteroatoms. The number of aryl methyl sites for hydroxylation is 1. The van der Waals surface area contributed by atoms with E-state index in [1.807, 2.05) is 23.1 Å². The molecule has 1 fully saturated rings. The summed E-state index contributed by atoms with van der Waals surface area (Å²) in [7, 11) is 0. The highest BCUT2D eigenvalue weighted by molar-refractivity contribution is 6.17. The molecule has 0 aliphatic carbocycles. The van der Waals surface area contributed by atoms with Gasteiger partial charge in [-0.25, -0.2) is 0 Å². The number of fused-ring (bicyclic) bond motifs is 1. The lowest BCUT2D eigenvalue weighted by Gasteiger charge is -2.32. The first-order chi connectivity index (χ1) is 11.7. The second-order valence-electron chi connectivity index (χ2n) is 6.72. The first-order valence-corrected chi connectivity index (χ1v) is 8.75. The highest BCUT2D eigenvalue weighted by atomic mass is 16.5. The molecule has 0 radical (unpaired) electrons. The van der Waals surface area contributed by atoms with Crippen LogP contribution < -0.4 is 4.90 Å². The van der Waals surface area contributed by atoms with Gasteiger partial charge in [0, 0.05) is 38.1 Å². The second kappa shape index (κ2) is 6.40. The van der Waals surface area contributed by atoms with Gasteiger partial charge in [-0.05, 0) is 43.2 Å². The first kappa shape index (κ1) is 15.4. The number of carbonyl (C=O) groups excluding carboxylic acids is 2. The zero-order valence-corrected chi connectivity index (χ0v) is 13.7. The molecule has 126 valence electrons. The number of para-hydroxylation sites is 1. The van der Waals surface area contributed by atoms with Crippen LogP contribution >= 0.6 is 0 Å². The van der Waals surface area contributed by atoms with Crippen molar-refractivity contribution in [2.75, 3.05) is 31.2 Å². The minimum atomic E-state index is -0.176. The zero-order chi connectivity index (χ0) is 16.5. The number of nitrogens with zero attached hydrogens (tertiary/aromatic N) is 2. The molecule has 0 spiro atoms. The third-order valence-corrected chi connectivity index (χ3v) is 5.17. The fourth-order valence-corrected chi connectivity index (χ4v) is 3.83. The highest BCUT2D eigenvalue weighted by Crippen LogP contribution is 2.32. The van der Waals surface area contributed by atoms with E-state index in [2.05, 4.69) is 6.07 Å². The molecule has 0 saturated carbocycles. The van der Waals surface area contributed by atoms with Crippen LogP contribution in [0, 0.1) is 5.92 Å². The summed E-state index contributed by atoms with van der Waals surface area (Å²) in [6, 6.07) is 8.14. The molecule has 0 unspecified atom stereocenters. The standard InChI is InChI=1S/C19H22N2O3/c22-18-12-17(19(23)21(18)13-14-7-10-24-11-8-14)20-9-3-5-15-4-1-2-6-16(15)20/h1-2,4,6,12,14H,3,5,7-11,13H2. The Balaban J connectivity index is 1.54. The van der Waals surface area contributed by atoms with Crippen LogP contribution in [-0.2, 0) is 20.7 Å². The molecule has 1 saturated heterocycles. The van der Waals surface area contributed by atoms with Gasteiger partial charge in [-0.3, -0.25) is 14.5 Å². The largest absolute Gasteiger partial charge is 0.381 e. The van der Waals surface area contributed by atoms with Gasteiger partial charge in [-0.15, -0.1) is 0 Å². The summed E-state index contributed by atoms with van der Waals surface area (Å²) in [5, 5.41) is 0. The van der Waals surface area contributed by atoms with E-state index in [0.717, 1.165) is 51.1 Å². The molecule has 3 heterocycles. The molecular formula is C19H22N2O3. The summed E-state index contributed by atoms with van der Waals surface area (Å²) in [5.41, 5.74) is 2.83.